The smallest absolute Gasteiger partial charge is 0.326 e. The Morgan fingerprint density at radius 1 is 1.39 bits per heavy atom. The van der Waals surface area contributed by atoms with Crippen LogP contribution in [0.2, 0.25) is 0 Å². The molecule has 0 saturated heterocycles. The highest BCUT2D eigenvalue weighted by Crippen LogP contribution is 2.20. The maximum absolute atomic E-state index is 11.9. The normalized spacial score (nSPS) is 12.2. The van der Waals surface area contributed by atoms with Crippen molar-refractivity contribution in [1.82, 2.24) is 5.32 Å². The third kappa shape index (κ3) is 3.46. The molecule has 98 valence electrons. The molecule has 1 aromatic rings. The van der Waals surface area contributed by atoms with E-state index in [-0.39, 0.29) is 5.92 Å². The van der Waals surface area contributed by atoms with E-state index in [1.807, 2.05) is 0 Å². The minimum atomic E-state index is -1.05. The lowest BCUT2D eigenvalue weighted by Crippen LogP contribution is -2.44. The average molecular weight is 315 g/mol. The number of halogens is 1. The predicted molar refractivity (Wildman–Crippen MR) is 72.3 cm³/mol. The zero-order valence-corrected chi connectivity index (χ0v) is 11.7. The lowest BCUT2D eigenvalue weighted by Gasteiger charge is -2.18. The van der Waals surface area contributed by atoms with Crippen LogP contribution in [0.1, 0.15) is 24.2 Å². The van der Waals surface area contributed by atoms with Crippen LogP contribution in [-0.4, -0.2) is 23.0 Å². The summed E-state index contributed by atoms with van der Waals surface area (Å²) in [6.45, 7) is 3.47. The summed E-state index contributed by atoms with van der Waals surface area (Å²) < 4.78 is 0.603. The number of carbonyl (C=O) groups is 2. The first-order chi connectivity index (χ1) is 8.32. The average Bonchev–Trinajstić information content (AvgIpc) is 2.28. The van der Waals surface area contributed by atoms with E-state index in [1.165, 1.54) is 0 Å². The second-order valence-corrected chi connectivity index (χ2v) is 5.12. The molecule has 0 aromatic heterocycles. The highest BCUT2D eigenvalue weighted by atomic mass is 79.9. The first-order valence-electron chi connectivity index (χ1n) is 5.41. The molecule has 18 heavy (non-hydrogen) atoms. The van der Waals surface area contributed by atoms with Gasteiger partial charge >= 0.3 is 5.97 Å². The van der Waals surface area contributed by atoms with Crippen molar-refractivity contribution < 1.29 is 14.7 Å². The van der Waals surface area contributed by atoms with Gasteiger partial charge < -0.3 is 16.2 Å². The molecule has 0 spiro atoms. The first kappa shape index (κ1) is 14.5. The molecule has 5 nitrogen and oxygen atoms in total. The van der Waals surface area contributed by atoms with E-state index < -0.39 is 17.9 Å². The van der Waals surface area contributed by atoms with Crippen molar-refractivity contribution in [3.8, 4) is 0 Å². The minimum absolute atomic E-state index is 0.191. The number of carbonyl (C=O) groups excluding carboxylic acids is 1. The summed E-state index contributed by atoms with van der Waals surface area (Å²) in [5.74, 6) is -1.67. The van der Waals surface area contributed by atoms with Crippen LogP contribution in [0.3, 0.4) is 0 Å². The van der Waals surface area contributed by atoms with Gasteiger partial charge in [0.05, 0.1) is 0 Å². The molecule has 0 heterocycles. The molecule has 1 aromatic carbocycles. The van der Waals surface area contributed by atoms with Crippen molar-refractivity contribution in [2.24, 2.45) is 5.92 Å². The number of nitrogen functional groups attached to an aromatic ring is 1. The van der Waals surface area contributed by atoms with Crippen LogP contribution in [0.25, 0.3) is 0 Å². The van der Waals surface area contributed by atoms with E-state index in [4.69, 9.17) is 10.8 Å². The molecule has 0 saturated carbocycles. The van der Waals surface area contributed by atoms with Crippen molar-refractivity contribution in [3.05, 3.63) is 28.2 Å². The Labute approximate surface area is 113 Å². The van der Waals surface area contributed by atoms with Gasteiger partial charge in [-0.25, -0.2) is 4.79 Å². The standard InChI is InChI=1S/C12H15BrN2O3/c1-6(2)10(12(17)18)15-11(16)7-3-4-9(14)8(13)5-7/h3-6,10H,14H2,1-2H3,(H,15,16)(H,17,18)/t10-/m1/s1. The highest BCUT2D eigenvalue weighted by molar-refractivity contribution is 9.10. The topological polar surface area (TPSA) is 92.4 Å². The summed E-state index contributed by atoms with van der Waals surface area (Å²) in [4.78, 5) is 22.9. The fourth-order valence-corrected chi connectivity index (χ4v) is 1.79. The number of benzene rings is 1. The third-order valence-electron chi connectivity index (χ3n) is 2.48. The number of carboxylic acids is 1. The Hall–Kier alpha value is -1.56. The lowest BCUT2D eigenvalue weighted by molar-refractivity contribution is -0.140. The summed E-state index contributed by atoms with van der Waals surface area (Å²) >= 11 is 3.22. The molecule has 6 heteroatoms. The van der Waals surface area contributed by atoms with Crippen molar-refractivity contribution in [3.63, 3.8) is 0 Å². The molecule has 0 radical (unpaired) electrons. The molecule has 0 unspecified atom stereocenters. The zero-order chi connectivity index (χ0) is 13.9. The van der Waals surface area contributed by atoms with Gasteiger partial charge in [-0.3, -0.25) is 4.79 Å². The van der Waals surface area contributed by atoms with Crippen LogP contribution in [0, 0.1) is 5.92 Å². The monoisotopic (exact) mass is 314 g/mol. The lowest BCUT2D eigenvalue weighted by atomic mass is 10.0. The summed E-state index contributed by atoms with van der Waals surface area (Å²) in [7, 11) is 0. The van der Waals surface area contributed by atoms with Gasteiger partial charge in [-0.15, -0.1) is 0 Å². The maximum atomic E-state index is 11.9. The van der Waals surface area contributed by atoms with E-state index in [1.54, 1.807) is 32.0 Å². The number of amides is 1. The number of rotatable bonds is 4. The Morgan fingerprint density at radius 2 is 2.00 bits per heavy atom. The van der Waals surface area contributed by atoms with Crippen LogP contribution in [0.15, 0.2) is 22.7 Å². The Kier molecular flexibility index (Phi) is 4.72. The fraction of sp³-hybridized carbons (Fsp3) is 0.333. The molecule has 4 N–H and O–H groups in total. The molecule has 0 aliphatic carbocycles. The largest absolute Gasteiger partial charge is 0.480 e. The van der Waals surface area contributed by atoms with Gasteiger partial charge in [-0.2, -0.15) is 0 Å². The van der Waals surface area contributed by atoms with Gasteiger partial charge in [0, 0.05) is 15.7 Å². The summed E-state index contributed by atoms with van der Waals surface area (Å²) in [5.41, 5.74) is 6.50. The number of hydrogen-bond acceptors (Lipinski definition) is 3. The van der Waals surface area contributed by atoms with Gasteiger partial charge in [0.15, 0.2) is 0 Å². The molecule has 0 fully saturated rings. The van der Waals surface area contributed by atoms with E-state index >= 15 is 0 Å². The van der Waals surface area contributed by atoms with Crippen molar-refractivity contribution in [2.45, 2.75) is 19.9 Å². The number of nitrogens with one attached hydrogen (secondary N) is 1. The number of anilines is 1. The van der Waals surface area contributed by atoms with Crippen molar-refractivity contribution in [1.29, 1.82) is 0 Å². The second kappa shape index (κ2) is 5.86. The minimum Gasteiger partial charge on any atom is -0.480 e. The zero-order valence-electron chi connectivity index (χ0n) is 10.1. The van der Waals surface area contributed by atoms with Crippen LogP contribution in [0.5, 0.6) is 0 Å². The van der Waals surface area contributed by atoms with Gasteiger partial charge in [0.25, 0.3) is 5.91 Å². The SMILES string of the molecule is CC(C)[C@@H](NC(=O)c1ccc(N)c(Br)c1)C(=O)O. The molecule has 0 bridgehead atoms. The van der Waals surface area contributed by atoms with Gasteiger partial charge in [-0.1, -0.05) is 13.8 Å². The van der Waals surface area contributed by atoms with Crippen molar-refractivity contribution >= 4 is 33.5 Å². The number of aliphatic carboxylic acids is 1. The second-order valence-electron chi connectivity index (χ2n) is 4.27. The summed E-state index contributed by atoms with van der Waals surface area (Å²) in [6.07, 6.45) is 0. The molecule has 1 rings (SSSR count). The number of carboxylic acid groups (broad SMARTS) is 1. The van der Waals surface area contributed by atoms with Crippen molar-refractivity contribution in [2.75, 3.05) is 5.73 Å². The Morgan fingerprint density at radius 3 is 2.44 bits per heavy atom. The molecule has 1 atom stereocenters. The first-order valence-corrected chi connectivity index (χ1v) is 6.21. The summed E-state index contributed by atoms with van der Waals surface area (Å²) in [5, 5.41) is 11.5. The highest BCUT2D eigenvalue weighted by Gasteiger charge is 2.23. The van der Waals surface area contributed by atoms with Gasteiger partial charge in [0.2, 0.25) is 0 Å². The quantitative estimate of drug-likeness (QED) is 0.740. The van der Waals surface area contributed by atoms with Crippen LogP contribution >= 0.6 is 15.9 Å². The fourth-order valence-electron chi connectivity index (χ4n) is 1.41. The van der Waals surface area contributed by atoms with E-state index in [0.717, 1.165) is 0 Å². The van der Waals surface area contributed by atoms with E-state index in [2.05, 4.69) is 21.2 Å². The van der Waals surface area contributed by atoms with E-state index in [9.17, 15) is 9.59 Å². The molecule has 0 aliphatic rings. The van der Waals surface area contributed by atoms with Gasteiger partial charge in [-0.05, 0) is 40.0 Å². The number of nitrogens with two attached hydrogens (primary N) is 1. The molecular weight excluding hydrogens is 300 g/mol. The predicted octanol–water partition coefficient (Wildman–Crippen LogP) is 1.87. The summed E-state index contributed by atoms with van der Waals surface area (Å²) in [6, 6.07) is 3.79. The van der Waals surface area contributed by atoms with E-state index in [0.29, 0.717) is 15.7 Å². The molecule has 0 aliphatic heterocycles. The molecule has 1 amide bonds. The third-order valence-corrected chi connectivity index (χ3v) is 3.17. The van der Waals surface area contributed by atoms with Crippen LogP contribution in [-0.2, 0) is 4.79 Å². The Bertz CT molecular complexity index is 474. The Balaban J connectivity index is 2.87. The van der Waals surface area contributed by atoms with Crippen LogP contribution < -0.4 is 11.1 Å². The maximum Gasteiger partial charge on any atom is 0.326 e. The molecular formula is C12H15BrN2O3. The van der Waals surface area contributed by atoms with Crippen LogP contribution in [0.4, 0.5) is 5.69 Å². The van der Waals surface area contributed by atoms with Gasteiger partial charge in [0.1, 0.15) is 6.04 Å². The number of hydrogen-bond donors (Lipinski definition) is 3.